The number of amides is 1. The molecule has 29 heavy (non-hydrogen) atoms. The van der Waals surface area contributed by atoms with Crippen LogP contribution in [0.4, 0.5) is 0 Å². The van der Waals surface area contributed by atoms with Gasteiger partial charge in [-0.05, 0) is 35.8 Å². The van der Waals surface area contributed by atoms with Gasteiger partial charge in [0.2, 0.25) is 5.89 Å². The number of carbonyl (C=O) groups is 1. The Balaban J connectivity index is 1.51. The Morgan fingerprint density at radius 2 is 2.21 bits per heavy atom. The Kier molecular flexibility index (Phi) is 7.27. The number of alkyl halides is 1. The maximum Gasteiger partial charge on any atom is 0.292 e. The summed E-state index contributed by atoms with van der Waals surface area (Å²) in [6, 6.07) is 5.67. The van der Waals surface area contributed by atoms with Crippen molar-refractivity contribution in [3.8, 4) is 0 Å². The highest BCUT2D eigenvalue weighted by Crippen LogP contribution is 2.22. The van der Waals surface area contributed by atoms with Gasteiger partial charge in [-0.1, -0.05) is 47.6 Å². The minimum absolute atomic E-state index is 0.000728. The molecule has 0 aliphatic rings. The predicted octanol–water partition coefficient (Wildman–Crippen LogP) is 4.63. The highest BCUT2D eigenvalue weighted by atomic mass is 35.5. The van der Waals surface area contributed by atoms with E-state index in [4.69, 9.17) is 27.7 Å². The number of hydrogen-bond acceptors (Lipinski definition) is 4. The zero-order chi connectivity index (χ0) is 20.6. The van der Waals surface area contributed by atoms with Gasteiger partial charge in [-0.3, -0.25) is 4.79 Å². The minimum atomic E-state index is -0.385. The number of hydrogen-bond donors (Lipinski definition) is 2. The maximum atomic E-state index is 12.3. The third kappa shape index (κ3) is 5.82. The van der Waals surface area contributed by atoms with Gasteiger partial charge < -0.3 is 14.8 Å². The van der Waals surface area contributed by atoms with Crippen LogP contribution in [-0.2, 0) is 12.8 Å². The summed E-state index contributed by atoms with van der Waals surface area (Å²) in [5.74, 6) is 0.398. The van der Waals surface area contributed by atoms with E-state index in [1.54, 1.807) is 0 Å². The topological polar surface area (TPSA) is 83.8 Å². The molecule has 1 amide bonds. The van der Waals surface area contributed by atoms with E-state index in [1.807, 2.05) is 48.7 Å². The number of aromatic amines is 1. The number of benzene rings is 1. The molecule has 3 rings (SSSR count). The quantitative estimate of drug-likeness (QED) is 0.382. The van der Waals surface area contributed by atoms with Crippen LogP contribution >= 0.6 is 23.2 Å². The molecule has 2 N–H and O–H groups in total. The second-order valence-electron chi connectivity index (χ2n) is 6.30. The number of aromatic nitrogens is 3. The van der Waals surface area contributed by atoms with Gasteiger partial charge >= 0.3 is 0 Å². The molecular formula is C21H20Cl2N4O2. The number of H-pyrrole nitrogens is 1. The van der Waals surface area contributed by atoms with E-state index >= 15 is 0 Å². The standard InChI is InChI=1S/C21H20Cl2N4O2/c1-14(5-3-2-4-9-22)11-19-26-20(27-29-19)21(28)24-10-8-15-13-25-18-7-6-16(23)12-17(15)18/h2-7,12-13,25H,1,8-11H2,(H,24,28)/b4-2-,5-3-. The van der Waals surface area contributed by atoms with Crippen LogP contribution in [-0.4, -0.2) is 33.5 Å². The Labute approximate surface area is 178 Å². The summed E-state index contributed by atoms with van der Waals surface area (Å²) in [6.07, 6.45) is 10.2. The Hall–Kier alpha value is -2.83. The van der Waals surface area contributed by atoms with Crippen molar-refractivity contribution in [1.82, 2.24) is 20.4 Å². The first-order chi connectivity index (χ1) is 14.1. The van der Waals surface area contributed by atoms with Crippen LogP contribution in [0.15, 0.2) is 65.4 Å². The lowest BCUT2D eigenvalue weighted by Crippen LogP contribution is -2.26. The molecule has 0 bridgehead atoms. The molecule has 0 spiro atoms. The number of rotatable bonds is 9. The number of halogens is 2. The first kappa shape index (κ1) is 20.9. The van der Waals surface area contributed by atoms with Gasteiger partial charge in [0.05, 0.1) is 6.42 Å². The van der Waals surface area contributed by atoms with Crippen molar-refractivity contribution >= 4 is 40.0 Å². The first-order valence-corrected chi connectivity index (χ1v) is 9.91. The zero-order valence-electron chi connectivity index (χ0n) is 15.6. The summed E-state index contributed by atoms with van der Waals surface area (Å²) in [6.45, 7) is 4.35. The fraction of sp³-hybridized carbons (Fsp3) is 0.190. The molecule has 0 radical (unpaired) electrons. The van der Waals surface area contributed by atoms with Crippen LogP contribution in [0.25, 0.3) is 10.9 Å². The summed E-state index contributed by atoms with van der Waals surface area (Å²) in [5.41, 5.74) is 2.85. The molecule has 0 unspecified atom stereocenters. The molecule has 0 saturated carbocycles. The first-order valence-electron chi connectivity index (χ1n) is 9.00. The van der Waals surface area contributed by atoms with E-state index < -0.39 is 0 Å². The van der Waals surface area contributed by atoms with Gasteiger partial charge in [-0.25, -0.2) is 0 Å². The number of allylic oxidation sites excluding steroid dienone is 5. The second-order valence-corrected chi connectivity index (χ2v) is 7.04. The third-order valence-electron chi connectivity index (χ3n) is 4.13. The fourth-order valence-electron chi connectivity index (χ4n) is 2.74. The minimum Gasteiger partial charge on any atom is -0.361 e. The lowest BCUT2D eigenvalue weighted by atomic mass is 10.1. The molecule has 0 aliphatic heterocycles. The molecule has 0 fully saturated rings. The maximum absolute atomic E-state index is 12.3. The molecule has 150 valence electrons. The molecule has 6 nitrogen and oxygen atoms in total. The van der Waals surface area contributed by atoms with Crippen molar-refractivity contribution in [2.75, 3.05) is 12.4 Å². The zero-order valence-corrected chi connectivity index (χ0v) is 17.1. The van der Waals surface area contributed by atoms with Crippen LogP contribution in [0, 0.1) is 0 Å². The average Bonchev–Trinajstić information content (AvgIpc) is 3.32. The lowest BCUT2D eigenvalue weighted by Gasteiger charge is -2.02. The Bertz CT molecular complexity index is 1070. The van der Waals surface area contributed by atoms with Crippen molar-refractivity contribution in [2.45, 2.75) is 12.8 Å². The van der Waals surface area contributed by atoms with Gasteiger partial charge in [-0.15, -0.1) is 11.6 Å². The van der Waals surface area contributed by atoms with E-state index in [0.717, 1.165) is 22.0 Å². The SMILES string of the molecule is C=C(/C=C\C=C/CCl)Cc1nc(C(=O)NCCc2c[nH]c3ccc(Cl)cc23)no1. The summed E-state index contributed by atoms with van der Waals surface area (Å²) >= 11 is 11.6. The van der Waals surface area contributed by atoms with E-state index in [0.29, 0.717) is 36.2 Å². The van der Waals surface area contributed by atoms with E-state index in [9.17, 15) is 4.79 Å². The Morgan fingerprint density at radius 1 is 1.34 bits per heavy atom. The van der Waals surface area contributed by atoms with Crippen LogP contribution in [0.2, 0.25) is 5.02 Å². The van der Waals surface area contributed by atoms with E-state index in [2.05, 4.69) is 27.0 Å². The smallest absolute Gasteiger partial charge is 0.292 e. The van der Waals surface area contributed by atoms with Crippen molar-refractivity contribution in [3.05, 3.63) is 83.2 Å². The van der Waals surface area contributed by atoms with E-state index in [-0.39, 0.29) is 11.7 Å². The summed E-state index contributed by atoms with van der Waals surface area (Å²) in [4.78, 5) is 19.6. The van der Waals surface area contributed by atoms with Crippen molar-refractivity contribution in [1.29, 1.82) is 0 Å². The number of nitrogens with zero attached hydrogens (tertiary/aromatic N) is 2. The number of carbonyl (C=O) groups excluding carboxylic acids is 1. The van der Waals surface area contributed by atoms with Gasteiger partial charge in [0.25, 0.3) is 11.7 Å². The second kappa shape index (κ2) is 10.1. The van der Waals surface area contributed by atoms with E-state index in [1.165, 1.54) is 0 Å². The van der Waals surface area contributed by atoms with Crippen molar-refractivity contribution in [2.24, 2.45) is 0 Å². The van der Waals surface area contributed by atoms with Gasteiger partial charge in [0.1, 0.15) is 0 Å². The van der Waals surface area contributed by atoms with Gasteiger partial charge in [-0.2, -0.15) is 4.98 Å². The molecule has 0 aliphatic carbocycles. The van der Waals surface area contributed by atoms with Gasteiger partial charge in [0, 0.05) is 34.5 Å². The predicted molar refractivity (Wildman–Crippen MR) is 115 cm³/mol. The molecule has 1 aromatic carbocycles. The van der Waals surface area contributed by atoms with Crippen LogP contribution in [0.3, 0.4) is 0 Å². The summed E-state index contributed by atoms with van der Waals surface area (Å²) in [7, 11) is 0. The molecule has 2 aromatic heterocycles. The van der Waals surface area contributed by atoms with Crippen molar-refractivity contribution < 1.29 is 9.32 Å². The number of fused-ring (bicyclic) bond motifs is 1. The van der Waals surface area contributed by atoms with Crippen molar-refractivity contribution in [3.63, 3.8) is 0 Å². The highest BCUT2D eigenvalue weighted by Gasteiger charge is 2.14. The molecule has 8 heteroatoms. The third-order valence-corrected chi connectivity index (χ3v) is 4.54. The molecule has 3 aromatic rings. The average molecular weight is 431 g/mol. The monoisotopic (exact) mass is 430 g/mol. The number of nitrogens with one attached hydrogen (secondary N) is 2. The van der Waals surface area contributed by atoms with Crippen LogP contribution in [0.1, 0.15) is 22.1 Å². The van der Waals surface area contributed by atoms with Crippen LogP contribution < -0.4 is 5.32 Å². The molecule has 0 atom stereocenters. The summed E-state index contributed by atoms with van der Waals surface area (Å²) < 4.78 is 5.13. The normalized spacial score (nSPS) is 11.7. The summed E-state index contributed by atoms with van der Waals surface area (Å²) in [5, 5.41) is 8.26. The molecular weight excluding hydrogens is 411 g/mol. The largest absolute Gasteiger partial charge is 0.361 e. The van der Waals surface area contributed by atoms with Crippen LogP contribution in [0.5, 0.6) is 0 Å². The fourth-order valence-corrected chi connectivity index (χ4v) is 3.02. The Morgan fingerprint density at radius 3 is 3.03 bits per heavy atom. The molecule has 2 heterocycles. The van der Waals surface area contributed by atoms with Gasteiger partial charge in [0.15, 0.2) is 0 Å². The highest BCUT2D eigenvalue weighted by molar-refractivity contribution is 6.31. The lowest BCUT2D eigenvalue weighted by molar-refractivity contribution is 0.0941. The molecule has 0 saturated heterocycles.